The van der Waals surface area contributed by atoms with E-state index in [0.29, 0.717) is 12.5 Å². The van der Waals surface area contributed by atoms with E-state index >= 15 is 0 Å². The lowest BCUT2D eigenvalue weighted by atomic mass is 10.2. The van der Waals surface area contributed by atoms with Crippen LogP contribution in [0.1, 0.15) is 27.2 Å². The molecule has 0 rings (SSSR count). The van der Waals surface area contributed by atoms with Gasteiger partial charge in [-0.05, 0) is 20.3 Å². The first-order valence-corrected chi connectivity index (χ1v) is 3.15. The Balaban J connectivity index is 3.28. The van der Waals surface area contributed by atoms with Crippen molar-refractivity contribution in [1.82, 2.24) is 0 Å². The molecule has 0 aliphatic carbocycles. The van der Waals surface area contributed by atoms with Crippen molar-refractivity contribution in [2.45, 2.75) is 27.2 Å². The maximum Gasteiger partial charge on any atom is 0.312 e. The minimum atomic E-state index is -0.183. The zero-order valence-corrected chi connectivity index (χ0v) is 6.23. The zero-order chi connectivity index (χ0) is 7.28. The second-order valence-corrected chi connectivity index (χ2v) is 2.14. The van der Waals surface area contributed by atoms with Crippen LogP contribution in [0, 0.1) is 5.92 Å². The zero-order valence-electron chi connectivity index (χ0n) is 6.23. The van der Waals surface area contributed by atoms with E-state index in [4.69, 9.17) is 4.74 Å². The lowest BCUT2D eigenvalue weighted by Gasteiger charge is -2.03. The van der Waals surface area contributed by atoms with Crippen LogP contribution in [-0.4, -0.2) is 12.6 Å². The Morgan fingerprint density at radius 2 is 2.00 bits per heavy atom. The van der Waals surface area contributed by atoms with Crippen molar-refractivity contribution in [3.8, 4) is 0 Å². The molecule has 0 aliphatic rings. The number of carbonyl (C=O) groups is 1. The first-order chi connectivity index (χ1) is 4.18. The second-order valence-electron chi connectivity index (χ2n) is 2.14. The third-order valence-corrected chi connectivity index (χ3v) is 0.846. The van der Waals surface area contributed by atoms with Gasteiger partial charge in [0.15, 0.2) is 0 Å². The number of esters is 1. The highest BCUT2D eigenvalue weighted by atomic mass is 16.5. The molecule has 53 valence electrons. The quantitative estimate of drug-likeness (QED) is 0.540. The van der Waals surface area contributed by atoms with Crippen molar-refractivity contribution in [2.75, 3.05) is 6.61 Å². The number of rotatable bonds is 3. The minimum absolute atomic E-state index is 0.183. The van der Waals surface area contributed by atoms with E-state index in [0.717, 1.165) is 6.42 Å². The van der Waals surface area contributed by atoms with Crippen LogP contribution in [0.25, 0.3) is 0 Å². The SMILES string of the molecule is CCCOC(=O)[C](C)C. The number of ether oxygens (including phenoxy) is 1. The van der Waals surface area contributed by atoms with E-state index in [1.165, 1.54) is 0 Å². The first-order valence-electron chi connectivity index (χ1n) is 3.15. The van der Waals surface area contributed by atoms with E-state index in [1.807, 2.05) is 6.92 Å². The molecule has 0 aromatic carbocycles. The third kappa shape index (κ3) is 4.01. The molecule has 9 heavy (non-hydrogen) atoms. The van der Waals surface area contributed by atoms with E-state index < -0.39 is 0 Å². The molecular weight excluding hydrogens is 116 g/mol. The predicted molar refractivity (Wildman–Crippen MR) is 35.8 cm³/mol. The number of hydrogen-bond acceptors (Lipinski definition) is 2. The Bertz CT molecular complexity index is 86.9. The van der Waals surface area contributed by atoms with Crippen molar-refractivity contribution in [2.24, 2.45) is 0 Å². The Morgan fingerprint density at radius 3 is 2.33 bits per heavy atom. The van der Waals surface area contributed by atoms with Crippen LogP contribution >= 0.6 is 0 Å². The average molecular weight is 129 g/mol. The fourth-order valence-electron chi connectivity index (χ4n) is 0.339. The molecule has 0 aromatic heterocycles. The number of carbonyl (C=O) groups excluding carboxylic acids is 1. The molecule has 0 saturated carbocycles. The van der Waals surface area contributed by atoms with Crippen LogP contribution in [-0.2, 0) is 9.53 Å². The van der Waals surface area contributed by atoms with Crippen LogP contribution in [0.15, 0.2) is 0 Å². The molecule has 2 heteroatoms. The van der Waals surface area contributed by atoms with Crippen LogP contribution < -0.4 is 0 Å². The summed E-state index contributed by atoms with van der Waals surface area (Å²) in [5.74, 6) is 0.528. The maximum absolute atomic E-state index is 10.6. The normalized spacial score (nSPS) is 9.78. The monoisotopic (exact) mass is 129 g/mol. The standard InChI is InChI=1S/C7H13O2/c1-4-5-9-7(8)6(2)3/h4-5H2,1-3H3. The Kier molecular flexibility index (Phi) is 4.10. The molecule has 1 radical (unpaired) electrons. The molecule has 0 aliphatic heterocycles. The van der Waals surface area contributed by atoms with Crippen molar-refractivity contribution in [1.29, 1.82) is 0 Å². The van der Waals surface area contributed by atoms with Crippen molar-refractivity contribution in [3.63, 3.8) is 0 Å². The van der Waals surface area contributed by atoms with Gasteiger partial charge in [0.05, 0.1) is 12.5 Å². The lowest BCUT2D eigenvalue weighted by Crippen LogP contribution is -2.10. The summed E-state index contributed by atoms with van der Waals surface area (Å²) in [5.41, 5.74) is 0. The van der Waals surface area contributed by atoms with Gasteiger partial charge in [-0.2, -0.15) is 0 Å². The Hall–Kier alpha value is -0.530. The highest BCUT2D eigenvalue weighted by molar-refractivity contribution is 5.83. The highest BCUT2D eigenvalue weighted by Crippen LogP contribution is 1.98. The van der Waals surface area contributed by atoms with Crippen LogP contribution in [0.4, 0.5) is 0 Å². The smallest absolute Gasteiger partial charge is 0.312 e. The molecule has 0 spiro atoms. The predicted octanol–water partition coefficient (Wildman–Crippen LogP) is 1.55. The summed E-state index contributed by atoms with van der Waals surface area (Å²) in [7, 11) is 0. The molecular formula is C7H13O2. The summed E-state index contributed by atoms with van der Waals surface area (Å²) in [5, 5.41) is 0. The van der Waals surface area contributed by atoms with Crippen LogP contribution in [0.2, 0.25) is 0 Å². The first kappa shape index (κ1) is 8.47. The van der Waals surface area contributed by atoms with E-state index in [1.54, 1.807) is 13.8 Å². The third-order valence-electron chi connectivity index (χ3n) is 0.846. The molecule has 0 N–H and O–H groups in total. The Labute approximate surface area is 56.2 Å². The molecule has 0 saturated heterocycles. The lowest BCUT2D eigenvalue weighted by molar-refractivity contribution is -0.141. The van der Waals surface area contributed by atoms with Gasteiger partial charge in [0.2, 0.25) is 0 Å². The molecule has 0 amide bonds. The van der Waals surface area contributed by atoms with Gasteiger partial charge in [-0.15, -0.1) is 0 Å². The Morgan fingerprint density at radius 1 is 1.44 bits per heavy atom. The maximum atomic E-state index is 10.6. The molecule has 0 fully saturated rings. The van der Waals surface area contributed by atoms with Gasteiger partial charge in [0.25, 0.3) is 0 Å². The summed E-state index contributed by atoms with van der Waals surface area (Å²) in [6.07, 6.45) is 0.888. The van der Waals surface area contributed by atoms with Crippen molar-refractivity contribution in [3.05, 3.63) is 5.92 Å². The van der Waals surface area contributed by atoms with Gasteiger partial charge in [-0.3, -0.25) is 4.79 Å². The number of hydrogen-bond donors (Lipinski definition) is 0. The summed E-state index contributed by atoms with van der Waals surface area (Å²) in [4.78, 5) is 10.6. The van der Waals surface area contributed by atoms with Crippen molar-refractivity contribution >= 4 is 5.97 Å². The average Bonchev–Trinajstić information content (AvgIpc) is 1.82. The fraction of sp³-hybridized carbons (Fsp3) is 0.714. The molecule has 0 aromatic rings. The van der Waals surface area contributed by atoms with Gasteiger partial charge >= 0.3 is 5.97 Å². The fourth-order valence-corrected chi connectivity index (χ4v) is 0.339. The van der Waals surface area contributed by atoms with E-state index in [2.05, 4.69) is 0 Å². The molecule has 0 atom stereocenters. The topological polar surface area (TPSA) is 26.3 Å². The summed E-state index contributed by atoms with van der Waals surface area (Å²) >= 11 is 0. The molecule has 0 unspecified atom stereocenters. The van der Waals surface area contributed by atoms with E-state index in [9.17, 15) is 4.79 Å². The van der Waals surface area contributed by atoms with Crippen molar-refractivity contribution < 1.29 is 9.53 Å². The second kappa shape index (κ2) is 4.36. The highest BCUT2D eigenvalue weighted by Gasteiger charge is 2.06. The molecule has 2 nitrogen and oxygen atoms in total. The van der Waals surface area contributed by atoms with Crippen LogP contribution in [0.5, 0.6) is 0 Å². The van der Waals surface area contributed by atoms with Gasteiger partial charge in [-0.1, -0.05) is 6.92 Å². The summed E-state index contributed by atoms with van der Waals surface area (Å²) in [6.45, 7) is 6.00. The van der Waals surface area contributed by atoms with Gasteiger partial charge in [-0.25, -0.2) is 0 Å². The van der Waals surface area contributed by atoms with Gasteiger partial charge < -0.3 is 4.74 Å². The van der Waals surface area contributed by atoms with Gasteiger partial charge in [0, 0.05) is 0 Å². The minimum Gasteiger partial charge on any atom is -0.465 e. The largest absolute Gasteiger partial charge is 0.465 e. The molecule has 0 heterocycles. The summed E-state index contributed by atoms with van der Waals surface area (Å²) < 4.78 is 4.78. The molecule has 0 bridgehead atoms. The van der Waals surface area contributed by atoms with Crippen LogP contribution in [0.3, 0.4) is 0 Å². The summed E-state index contributed by atoms with van der Waals surface area (Å²) in [6, 6.07) is 0. The van der Waals surface area contributed by atoms with E-state index in [-0.39, 0.29) is 5.97 Å². The van der Waals surface area contributed by atoms with Gasteiger partial charge in [0.1, 0.15) is 0 Å².